The zero-order valence-electron chi connectivity index (χ0n) is 19.1. The summed E-state index contributed by atoms with van der Waals surface area (Å²) in [7, 11) is 1.57. The molecule has 0 bridgehead atoms. The first-order chi connectivity index (χ1) is 16.4. The molecule has 9 heteroatoms. The van der Waals surface area contributed by atoms with Gasteiger partial charge in [-0.1, -0.05) is 0 Å². The van der Waals surface area contributed by atoms with Crippen molar-refractivity contribution in [3.63, 3.8) is 0 Å². The first-order valence-corrected chi connectivity index (χ1v) is 11.2. The van der Waals surface area contributed by atoms with Crippen molar-refractivity contribution < 1.29 is 19.1 Å². The lowest BCUT2D eigenvalue weighted by atomic mass is 10.0. The number of carbonyl (C=O) groups is 3. The molecule has 0 unspecified atom stereocenters. The third-order valence-electron chi connectivity index (χ3n) is 6.31. The molecule has 1 aromatic heterocycles. The Morgan fingerprint density at radius 1 is 0.971 bits per heavy atom. The number of methoxy groups -OCH3 is 1. The Kier molecular flexibility index (Phi) is 5.31. The molecule has 2 aliphatic rings. The number of ether oxygens (including phenoxy) is 1. The monoisotopic (exact) mass is 459 g/mol. The molecule has 2 aliphatic heterocycles. The van der Waals surface area contributed by atoms with Crippen molar-refractivity contribution in [1.29, 1.82) is 0 Å². The average Bonchev–Trinajstić information content (AvgIpc) is 3.43. The van der Waals surface area contributed by atoms with E-state index in [1.54, 1.807) is 23.0 Å². The number of benzene rings is 2. The topological polar surface area (TPSA) is 111 Å². The summed E-state index contributed by atoms with van der Waals surface area (Å²) in [6.07, 6.45) is 1.85. The Morgan fingerprint density at radius 3 is 2.29 bits per heavy atom. The maximum Gasteiger partial charge on any atom is 0.277 e. The predicted octanol–water partition coefficient (Wildman–Crippen LogP) is 2.62. The normalized spacial score (nSPS) is 15.6. The molecule has 3 heterocycles. The van der Waals surface area contributed by atoms with Crippen LogP contribution in [0.15, 0.2) is 42.5 Å². The van der Waals surface area contributed by atoms with Gasteiger partial charge in [-0.2, -0.15) is 5.10 Å². The largest absolute Gasteiger partial charge is 0.497 e. The number of amides is 3. The fraction of sp³-hybridized carbons (Fsp3) is 0.280. The lowest BCUT2D eigenvalue weighted by Gasteiger charge is -2.28. The minimum atomic E-state index is -0.671. The average molecular weight is 460 g/mol. The molecule has 34 heavy (non-hydrogen) atoms. The highest BCUT2D eigenvalue weighted by molar-refractivity contribution is 6.09. The van der Waals surface area contributed by atoms with Gasteiger partial charge in [-0.05, 0) is 61.7 Å². The van der Waals surface area contributed by atoms with E-state index in [-0.39, 0.29) is 17.5 Å². The first-order valence-electron chi connectivity index (χ1n) is 11.2. The molecule has 174 valence electrons. The van der Waals surface area contributed by atoms with Gasteiger partial charge in [0.2, 0.25) is 5.91 Å². The van der Waals surface area contributed by atoms with Crippen molar-refractivity contribution in [1.82, 2.24) is 9.78 Å². The van der Waals surface area contributed by atoms with Crippen LogP contribution in [0.3, 0.4) is 0 Å². The summed E-state index contributed by atoms with van der Waals surface area (Å²) < 4.78 is 6.86. The molecule has 0 aliphatic carbocycles. The summed E-state index contributed by atoms with van der Waals surface area (Å²) >= 11 is 0. The molecular formula is C25H25N5O4. The molecule has 2 N–H and O–H groups in total. The molecule has 0 radical (unpaired) electrons. The lowest BCUT2D eigenvalue weighted by molar-refractivity contribution is -0.117. The quantitative estimate of drug-likeness (QED) is 0.631. The lowest BCUT2D eigenvalue weighted by Crippen LogP contribution is -2.39. The van der Waals surface area contributed by atoms with Crippen molar-refractivity contribution in [2.24, 2.45) is 5.73 Å². The highest BCUT2D eigenvalue weighted by Crippen LogP contribution is 2.31. The fourth-order valence-electron chi connectivity index (χ4n) is 4.69. The van der Waals surface area contributed by atoms with E-state index < -0.39 is 5.91 Å². The van der Waals surface area contributed by atoms with Crippen LogP contribution in [0.4, 0.5) is 11.4 Å². The SMILES string of the molecule is COc1cc(C)cc(-n2nc(C(N)=O)c3c2C(=O)N(c2ccc(N4CCCC4=O)cc2)CC3)c1. The van der Waals surface area contributed by atoms with Gasteiger partial charge in [0, 0.05) is 42.5 Å². The maximum atomic E-state index is 13.7. The van der Waals surface area contributed by atoms with Crippen LogP contribution in [0.1, 0.15) is 44.9 Å². The van der Waals surface area contributed by atoms with Gasteiger partial charge in [0.05, 0.1) is 12.8 Å². The predicted molar refractivity (Wildman–Crippen MR) is 127 cm³/mol. The van der Waals surface area contributed by atoms with Crippen LogP contribution in [0.2, 0.25) is 0 Å². The van der Waals surface area contributed by atoms with Gasteiger partial charge in [-0.3, -0.25) is 14.4 Å². The molecule has 1 saturated heterocycles. The number of aromatic nitrogens is 2. The number of nitrogens with zero attached hydrogens (tertiary/aromatic N) is 4. The number of aryl methyl sites for hydroxylation is 1. The van der Waals surface area contributed by atoms with Crippen LogP contribution < -0.4 is 20.3 Å². The van der Waals surface area contributed by atoms with Crippen molar-refractivity contribution in [2.45, 2.75) is 26.2 Å². The van der Waals surface area contributed by atoms with E-state index in [9.17, 15) is 14.4 Å². The second-order valence-electron chi connectivity index (χ2n) is 8.53. The van der Waals surface area contributed by atoms with Crippen LogP contribution in [-0.2, 0) is 11.2 Å². The Bertz CT molecular complexity index is 1310. The third-order valence-corrected chi connectivity index (χ3v) is 6.31. The number of hydrogen-bond acceptors (Lipinski definition) is 5. The highest BCUT2D eigenvalue weighted by Gasteiger charge is 2.35. The summed E-state index contributed by atoms with van der Waals surface area (Å²) in [5.74, 6) is -0.211. The number of nitrogens with two attached hydrogens (primary N) is 1. The van der Waals surface area contributed by atoms with Gasteiger partial charge in [-0.15, -0.1) is 0 Å². The van der Waals surface area contributed by atoms with Crippen molar-refractivity contribution >= 4 is 29.1 Å². The van der Waals surface area contributed by atoms with Crippen LogP contribution in [-0.4, -0.2) is 47.7 Å². The van der Waals surface area contributed by atoms with Crippen LogP contribution in [0.5, 0.6) is 5.75 Å². The minimum Gasteiger partial charge on any atom is -0.497 e. The molecule has 0 spiro atoms. The fourth-order valence-corrected chi connectivity index (χ4v) is 4.69. The molecule has 2 aromatic carbocycles. The smallest absolute Gasteiger partial charge is 0.277 e. The first kappa shape index (κ1) is 21.7. The number of carbonyl (C=O) groups excluding carboxylic acids is 3. The van der Waals surface area contributed by atoms with Gasteiger partial charge in [0.1, 0.15) is 11.4 Å². The molecule has 3 aromatic rings. The molecule has 3 amide bonds. The Morgan fingerprint density at radius 2 is 1.68 bits per heavy atom. The summed E-state index contributed by atoms with van der Waals surface area (Å²) in [5, 5.41) is 4.43. The van der Waals surface area contributed by atoms with Crippen LogP contribution in [0.25, 0.3) is 5.69 Å². The van der Waals surface area contributed by atoms with Gasteiger partial charge < -0.3 is 20.3 Å². The number of fused-ring (bicyclic) bond motifs is 1. The second kappa shape index (κ2) is 8.33. The Hall–Kier alpha value is -4.14. The zero-order valence-corrected chi connectivity index (χ0v) is 19.1. The summed E-state index contributed by atoms with van der Waals surface area (Å²) in [6, 6.07) is 12.9. The highest BCUT2D eigenvalue weighted by atomic mass is 16.5. The van der Waals surface area contributed by atoms with Gasteiger partial charge in [0.15, 0.2) is 5.69 Å². The molecule has 0 atom stereocenters. The zero-order chi connectivity index (χ0) is 24.0. The number of primary amides is 1. The molecule has 1 fully saturated rings. The summed E-state index contributed by atoms with van der Waals surface area (Å²) in [4.78, 5) is 41.3. The molecular weight excluding hydrogens is 434 g/mol. The molecule has 9 nitrogen and oxygen atoms in total. The molecule has 0 saturated carbocycles. The number of anilines is 2. The van der Waals surface area contributed by atoms with E-state index >= 15 is 0 Å². The van der Waals surface area contributed by atoms with E-state index in [2.05, 4.69) is 5.10 Å². The van der Waals surface area contributed by atoms with Gasteiger partial charge in [-0.25, -0.2) is 4.68 Å². The van der Waals surface area contributed by atoms with Crippen molar-refractivity contribution in [2.75, 3.05) is 30.0 Å². The number of hydrogen-bond donors (Lipinski definition) is 1. The van der Waals surface area contributed by atoms with E-state index in [0.717, 1.165) is 17.7 Å². The Labute approximate surface area is 196 Å². The van der Waals surface area contributed by atoms with E-state index in [4.69, 9.17) is 10.5 Å². The van der Waals surface area contributed by atoms with Crippen molar-refractivity contribution in [3.8, 4) is 11.4 Å². The van der Waals surface area contributed by atoms with Crippen molar-refractivity contribution in [3.05, 3.63) is 65.0 Å². The second-order valence-corrected chi connectivity index (χ2v) is 8.53. The van der Waals surface area contributed by atoms with Crippen LogP contribution in [0, 0.1) is 6.92 Å². The third kappa shape index (κ3) is 3.59. The van der Waals surface area contributed by atoms with E-state index in [0.29, 0.717) is 54.3 Å². The van der Waals surface area contributed by atoms with Gasteiger partial charge >= 0.3 is 0 Å². The van der Waals surface area contributed by atoms with Crippen LogP contribution >= 0.6 is 0 Å². The Balaban J connectivity index is 1.54. The van der Waals surface area contributed by atoms with E-state index in [1.165, 1.54) is 4.68 Å². The standard InChI is InChI=1S/C25H25N5O4/c1-15-12-18(14-19(13-15)34-2)30-23-20(22(27-30)24(26)32)9-11-29(25(23)33)17-7-5-16(6-8-17)28-10-3-4-21(28)31/h5-8,12-14H,3-4,9-11H2,1-2H3,(H2,26,32). The summed E-state index contributed by atoms with van der Waals surface area (Å²) in [5.41, 5.74) is 9.63. The number of rotatable bonds is 5. The maximum absolute atomic E-state index is 13.7. The van der Waals surface area contributed by atoms with Gasteiger partial charge in [0.25, 0.3) is 11.8 Å². The van der Waals surface area contributed by atoms with E-state index in [1.807, 2.05) is 43.3 Å². The molecule has 5 rings (SSSR count). The summed E-state index contributed by atoms with van der Waals surface area (Å²) in [6.45, 7) is 3.01. The minimum absolute atomic E-state index is 0.103.